The average molecular weight is 276 g/mol. The Morgan fingerprint density at radius 1 is 1.44 bits per heavy atom. The van der Waals surface area contributed by atoms with Crippen molar-refractivity contribution in [3.8, 4) is 0 Å². The van der Waals surface area contributed by atoms with E-state index in [1.54, 1.807) is 0 Å². The van der Waals surface area contributed by atoms with Crippen LogP contribution in [0.25, 0.3) is 0 Å². The topological polar surface area (TPSA) is 46.2 Å². The summed E-state index contributed by atoms with van der Waals surface area (Å²) in [7, 11) is -4.55. The third-order valence-electron chi connectivity index (χ3n) is 3.08. The Kier molecular flexibility index (Phi) is 4.54. The van der Waals surface area contributed by atoms with Crippen LogP contribution in [0.3, 0.4) is 0 Å². The fraction of sp³-hybridized carbons (Fsp3) is 1.00. The molecule has 7 heteroatoms. The highest BCUT2D eigenvalue weighted by atomic mass is 35.5. The van der Waals surface area contributed by atoms with Crippen molar-refractivity contribution in [1.82, 2.24) is 4.72 Å². The van der Waals surface area contributed by atoms with E-state index < -0.39 is 21.3 Å². The van der Waals surface area contributed by atoms with Crippen LogP contribution in [0.4, 0.5) is 8.78 Å². The van der Waals surface area contributed by atoms with Crippen molar-refractivity contribution in [2.75, 3.05) is 5.88 Å². The largest absolute Gasteiger partial charge is 0.350 e. The molecule has 1 saturated carbocycles. The molecule has 0 unspecified atom stereocenters. The molecule has 0 aromatic heterocycles. The number of nitrogens with one attached hydrogen (secondary N) is 1. The summed E-state index contributed by atoms with van der Waals surface area (Å²) in [6, 6.07) is 0. The number of rotatable bonds is 4. The Morgan fingerprint density at radius 3 is 2.31 bits per heavy atom. The van der Waals surface area contributed by atoms with Gasteiger partial charge in [0.1, 0.15) is 0 Å². The van der Waals surface area contributed by atoms with E-state index in [1.807, 2.05) is 0 Å². The maximum atomic E-state index is 12.3. The zero-order valence-corrected chi connectivity index (χ0v) is 10.6. The van der Waals surface area contributed by atoms with Crippen molar-refractivity contribution in [2.24, 2.45) is 5.92 Å². The highest BCUT2D eigenvalue weighted by Gasteiger charge is 2.39. The Labute approximate surface area is 99.6 Å². The Bertz CT molecular complexity index is 326. The van der Waals surface area contributed by atoms with Gasteiger partial charge in [-0.15, -0.1) is 11.6 Å². The van der Waals surface area contributed by atoms with Crippen LogP contribution in [0.5, 0.6) is 0 Å². The lowest BCUT2D eigenvalue weighted by molar-refractivity contribution is 0.213. The molecule has 0 aromatic carbocycles. The molecule has 1 N–H and O–H groups in total. The van der Waals surface area contributed by atoms with Gasteiger partial charge in [-0.05, 0) is 31.6 Å². The van der Waals surface area contributed by atoms with Crippen molar-refractivity contribution in [2.45, 2.75) is 43.9 Å². The zero-order valence-electron chi connectivity index (χ0n) is 9.05. The molecule has 0 radical (unpaired) electrons. The van der Waals surface area contributed by atoms with Gasteiger partial charge >= 0.3 is 5.76 Å². The van der Waals surface area contributed by atoms with E-state index in [0.717, 1.165) is 12.8 Å². The van der Waals surface area contributed by atoms with Crippen molar-refractivity contribution < 1.29 is 17.2 Å². The van der Waals surface area contributed by atoms with Gasteiger partial charge in [0.15, 0.2) is 0 Å². The van der Waals surface area contributed by atoms with Crippen LogP contribution >= 0.6 is 11.6 Å². The second-order valence-electron chi connectivity index (χ2n) is 4.50. The van der Waals surface area contributed by atoms with Crippen LogP contribution in [0.1, 0.15) is 32.6 Å². The van der Waals surface area contributed by atoms with E-state index in [4.69, 9.17) is 11.6 Å². The van der Waals surface area contributed by atoms with E-state index in [0.29, 0.717) is 18.8 Å². The molecule has 0 heterocycles. The first-order valence-electron chi connectivity index (χ1n) is 5.18. The van der Waals surface area contributed by atoms with Gasteiger partial charge in [0.25, 0.3) is 10.0 Å². The molecule has 1 fully saturated rings. The molecule has 0 saturated heterocycles. The summed E-state index contributed by atoms with van der Waals surface area (Å²) in [5.74, 6) is -2.87. The second kappa shape index (κ2) is 5.14. The molecule has 16 heavy (non-hydrogen) atoms. The van der Waals surface area contributed by atoms with Crippen molar-refractivity contribution in [1.29, 1.82) is 0 Å². The molecular formula is C9H16ClF2NO2S. The van der Waals surface area contributed by atoms with Crippen LogP contribution in [0, 0.1) is 5.92 Å². The van der Waals surface area contributed by atoms with E-state index in [-0.39, 0.29) is 5.88 Å². The highest BCUT2D eigenvalue weighted by Crippen LogP contribution is 2.33. The van der Waals surface area contributed by atoms with Crippen molar-refractivity contribution in [3.63, 3.8) is 0 Å². The number of halogens is 3. The molecule has 0 aromatic rings. The first-order chi connectivity index (χ1) is 7.31. The molecule has 0 spiro atoms. The molecule has 0 atom stereocenters. The predicted molar refractivity (Wildman–Crippen MR) is 59.1 cm³/mol. The minimum atomic E-state index is -4.55. The summed E-state index contributed by atoms with van der Waals surface area (Å²) in [6.45, 7) is 2.06. The average Bonchev–Trinajstić information content (AvgIpc) is 2.21. The first-order valence-corrected chi connectivity index (χ1v) is 7.26. The summed E-state index contributed by atoms with van der Waals surface area (Å²) in [6.07, 6.45) is 2.64. The maximum Gasteiger partial charge on any atom is 0.350 e. The molecular weight excluding hydrogens is 260 g/mol. The molecule has 0 amide bonds. The van der Waals surface area contributed by atoms with E-state index >= 15 is 0 Å². The van der Waals surface area contributed by atoms with E-state index in [1.165, 1.54) is 0 Å². The Hall–Kier alpha value is 0.0600. The van der Waals surface area contributed by atoms with Crippen molar-refractivity contribution in [3.05, 3.63) is 0 Å². The van der Waals surface area contributed by atoms with Crippen LogP contribution in [-0.2, 0) is 10.0 Å². The molecule has 1 aliphatic rings. The van der Waals surface area contributed by atoms with Crippen LogP contribution in [-0.4, -0.2) is 25.6 Å². The monoisotopic (exact) mass is 275 g/mol. The quantitative estimate of drug-likeness (QED) is 0.801. The van der Waals surface area contributed by atoms with Crippen molar-refractivity contribution >= 4 is 21.6 Å². The summed E-state index contributed by atoms with van der Waals surface area (Å²) < 4.78 is 48.8. The number of alkyl halides is 3. The molecule has 1 aliphatic carbocycles. The Balaban J connectivity index is 2.76. The second-order valence-corrected chi connectivity index (χ2v) is 6.42. The highest BCUT2D eigenvalue weighted by molar-refractivity contribution is 7.89. The van der Waals surface area contributed by atoms with E-state index in [2.05, 4.69) is 11.6 Å². The predicted octanol–water partition coefficient (Wildman–Crippen LogP) is 2.32. The normalized spacial score (nSPS) is 31.9. The van der Waals surface area contributed by atoms with Gasteiger partial charge in [0.05, 0.1) is 0 Å². The van der Waals surface area contributed by atoms with Gasteiger partial charge < -0.3 is 0 Å². The van der Waals surface area contributed by atoms with Gasteiger partial charge in [-0.25, -0.2) is 13.1 Å². The standard InChI is InChI=1S/C9H16ClF2NO2S/c1-7-2-4-9(6-10,5-3-7)13-16(14,15)8(11)12/h7-8,13H,2-6H2,1H3. The number of hydrogen-bond donors (Lipinski definition) is 1. The fourth-order valence-electron chi connectivity index (χ4n) is 1.92. The van der Waals surface area contributed by atoms with Crippen LogP contribution < -0.4 is 4.72 Å². The third kappa shape index (κ3) is 3.28. The zero-order chi connectivity index (χ0) is 12.4. The smallest absolute Gasteiger partial charge is 0.206 e. The lowest BCUT2D eigenvalue weighted by Gasteiger charge is -2.38. The van der Waals surface area contributed by atoms with Gasteiger partial charge in [0.2, 0.25) is 0 Å². The molecule has 96 valence electrons. The van der Waals surface area contributed by atoms with Crippen LogP contribution in [0.2, 0.25) is 0 Å². The summed E-state index contributed by atoms with van der Waals surface area (Å²) in [5, 5.41) is 0. The van der Waals surface area contributed by atoms with Crippen LogP contribution in [0.15, 0.2) is 0 Å². The lowest BCUT2D eigenvalue weighted by Crippen LogP contribution is -2.53. The molecule has 0 aliphatic heterocycles. The molecule has 3 nitrogen and oxygen atoms in total. The minimum Gasteiger partial charge on any atom is -0.206 e. The summed E-state index contributed by atoms with van der Waals surface area (Å²) in [4.78, 5) is 0. The Morgan fingerprint density at radius 2 is 1.94 bits per heavy atom. The van der Waals surface area contributed by atoms with Gasteiger partial charge in [-0.2, -0.15) is 8.78 Å². The van der Waals surface area contributed by atoms with Gasteiger partial charge in [-0.1, -0.05) is 6.92 Å². The van der Waals surface area contributed by atoms with E-state index in [9.17, 15) is 17.2 Å². The van der Waals surface area contributed by atoms with Gasteiger partial charge in [0, 0.05) is 11.4 Å². The number of sulfonamides is 1. The SMILES string of the molecule is CC1CCC(CCl)(NS(=O)(=O)C(F)F)CC1. The molecule has 1 rings (SSSR count). The molecule has 0 bridgehead atoms. The summed E-state index contributed by atoms with van der Waals surface area (Å²) in [5.41, 5.74) is -0.886. The summed E-state index contributed by atoms with van der Waals surface area (Å²) >= 11 is 5.72. The minimum absolute atomic E-state index is 0.0334. The first kappa shape index (κ1) is 14.1. The number of hydrogen-bond acceptors (Lipinski definition) is 2. The lowest BCUT2D eigenvalue weighted by atomic mass is 9.79. The third-order valence-corrected chi connectivity index (χ3v) is 4.78. The maximum absolute atomic E-state index is 12.3. The van der Waals surface area contributed by atoms with Gasteiger partial charge in [-0.3, -0.25) is 0 Å². The fourth-order valence-corrected chi connectivity index (χ4v) is 3.31.